The molecule has 0 fully saturated rings. The Balaban J connectivity index is 3.59. The van der Waals surface area contributed by atoms with Gasteiger partial charge in [0.15, 0.2) is 0 Å². The number of carboxylic acid groups (broad SMARTS) is 2. The molecular formula is C9H19N5O4. The first kappa shape index (κ1) is 16.1. The lowest BCUT2D eigenvalue weighted by molar-refractivity contribution is -0.139. The van der Waals surface area contributed by atoms with Gasteiger partial charge in [-0.2, -0.15) is 0 Å². The van der Waals surface area contributed by atoms with Crippen molar-refractivity contribution in [2.45, 2.75) is 25.3 Å². The van der Waals surface area contributed by atoms with Gasteiger partial charge in [0.1, 0.15) is 6.04 Å². The minimum absolute atomic E-state index is 0.0340. The van der Waals surface area contributed by atoms with Crippen molar-refractivity contribution in [2.75, 3.05) is 13.1 Å². The average molecular weight is 261 g/mol. The number of nitrogens with zero attached hydrogens (tertiary/aromatic N) is 1. The third-order valence-electron chi connectivity index (χ3n) is 1.95. The molecule has 0 radical (unpaired) electrons. The summed E-state index contributed by atoms with van der Waals surface area (Å²) in [5.74, 6) is -1.84. The van der Waals surface area contributed by atoms with Crippen LogP contribution in [0.5, 0.6) is 0 Å². The van der Waals surface area contributed by atoms with Crippen LogP contribution in [-0.2, 0) is 9.59 Å². The number of nitrogens with two attached hydrogens (primary N) is 2. The number of hydrogen-bond acceptors (Lipinski definition) is 5. The van der Waals surface area contributed by atoms with Crippen LogP contribution in [0.1, 0.15) is 19.3 Å². The number of rotatable bonds is 9. The minimum Gasteiger partial charge on any atom is -0.481 e. The lowest BCUT2D eigenvalue weighted by atomic mass is 10.2. The molecule has 0 rings (SSSR count). The van der Waals surface area contributed by atoms with Crippen molar-refractivity contribution in [3.8, 4) is 0 Å². The van der Waals surface area contributed by atoms with Crippen molar-refractivity contribution in [3.05, 3.63) is 0 Å². The molecular weight excluding hydrogens is 242 g/mol. The molecule has 1 atom stereocenters. The molecule has 0 bridgehead atoms. The molecule has 9 heteroatoms. The highest BCUT2D eigenvalue weighted by Crippen LogP contribution is 1.94. The molecule has 9 nitrogen and oxygen atoms in total. The van der Waals surface area contributed by atoms with Crippen LogP contribution in [0.25, 0.3) is 0 Å². The first-order chi connectivity index (χ1) is 8.43. The first-order valence-electron chi connectivity index (χ1n) is 5.42. The van der Waals surface area contributed by atoms with Crippen LogP contribution < -0.4 is 22.3 Å². The molecule has 0 amide bonds. The van der Waals surface area contributed by atoms with E-state index in [2.05, 4.69) is 15.8 Å². The summed E-state index contributed by atoms with van der Waals surface area (Å²) in [6.07, 6.45) is 0.789. The molecule has 0 aliphatic carbocycles. The molecule has 0 aromatic rings. The highest BCUT2D eigenvalue weighted by atomic mass is 16.4. The van der Waals surface area contributed by atoms with Gasteiger partial charge in [-0.05, 0) is 12.8 Å². The maximum absolute atomic E-state index is 10.4. The van der Waals surface area contributed by atoms with Crippen molar-refractivity contribution in [3.63, 3.8) is 0 Å². The molecule has 104 valence electrons. The number of guanidine groups is 1. The third-order valence-corrected chi connectivity index (χ3v) is 1.95. The van der Waals surface area contributed by atoms with E-state index in [9.17, 15) is 9.59 Å². The van der Waals surface area contributed by atoms with Crippen molar-refractivity contribution in [1.82, 2.24) is 10.9 Å². The Labute approximate surface area is 104 Å². The summed E-state index contributed by atoms with van der Waals surface area (Å²) < 4.78 is 0. The zero-order valence-electron chi connectivity index (χ0n) is 9.93. The van der Waals surface area contributed by atoms with Crippen LogP contribution in [0.3, 0.4) is 0 Å². The molecule has 1 unspecified atom stereocenters. The number of carbonyl (C=O) groups is 2. The van der Waals surface area contributed by atoms with E-state index < -0.39 is 18.0 Å². The van der Waals surface area contributed by atoms with Gasteiger partial charge in [-0.3, -0.25) is 20.0 Å². The van der Waals surface area contributed by atoms with Gasteiger partial charge in [0, 0.05) is 13.1 Å². The van der Waals surface area contributed by atoms with Gasteiger partial charge in [0.2, 0.25) is 5.96 Å². The summed E-state index contributed by atoms with van der Waals surface area (Å²) in [6, 6.07) is -0.886. The Morgan fingerprint density at radius 2 is 2.00 bits per heavy atom. The number of carboxylic acids is 2. The fourth-order valence-electron chi connectivity index (χ4n) is 0.996. The summed E-state index contributed by atoms with van der Waals surface area (Å²) in [5, 5.41) is 16.9. The lowest BCUT2D eigenvalue weighted by Gasteiger charge is -2.07. The molecule has 0 spiro atoms. The maximum atomic E-state index is 10.4. The summed E-state index contributed by atoms with van der Waals surface area (Å²) in [4.78, 5) is 24.5. The van der Waals surface area contributed by atoms with Crippen molar-refractivity contribution < 1.29 is 19.8 Å². The predicted molar refractivity (Wildman–Crippen MR) is 64.7 cm³/mol. The van der Waals surface area contributed by atoms with E-state index in [0.29, 0.717) is 19.4 Å². The van der Waals surface area contributed by atoms with E-state index in [-0.39, 0.29) is 18.9 Å². The Morgan fingerprint density at radius 3 is 2.56 bits per heavy atom. The summed E-state index contributed by atoms with van der Waals surface area (Å²) >= 11 is 0. The molecule has 18 heavy (non-hydrogen) atoms. The minimum atomic E-state index is -1.04. The van der Waals surface area contributed by atoms with E-state index in [1.165, 1.54) is 0 Å². The molecule has 0 heterocycles. The van der Waals surface area contributed by atoms with Gasteiger partial charge in [0.05, 0.1) is 6.42 Å². The molecule has 0 aliphatic heterocycles. The first-order valence-corrected chi connectivity index (χ1v) is 5.42. The summed E-state index contributed by atoms with van der Waals surface area (Å²) in [6.45, 7) is 0.565. The van der Waals surface area contributed by atoms with E-state index >= 15 is 0 Å². The largest absolute Gasteiger partial charge is 0.481 e. The van der Waals surface area contributed by atoms with Crippen LogP contribution in [0.2, 0.25) is 0 Å². The molecule has 0 aromatic heterocycles. The van der Waals surface area contributed by atoms with Gasteiger partial charge < -0.3 is 21.7 Å². The van der Waals surface area contributed by atoms with Crippen molar-refractivity contribution in [2.24, 2.45) is 16.5 Å². The normalized spacial score (nSPS) is 13.1. The number of nitrogens with one attached hydrogen (secondary N) is 2. The molecule has 0 saturated heterocycles. The smallest absolute Gasteiger partial charge is 0.320 e. The van der Waals surface area contributed by atoms with E-state index in [1.54, 1.807) is 0 Å². The monoisotopic (exact) mass is 261 g/mol. The van der Waals surface area contributed by atoms with Crippen LogP contribution in [0.15, 0.2) is 4.99 Å². The van der Waals surface area contributed by atoms with Gasteiger partial charge in [-0.25, -0.2) is 5.43 Å². The van der Waals surface area contributed by atoms with Crippen LogP contribution in [0.4, 0.5) is 0 Å². The number of hydrogen-bond donors (Lipinski definition) is 6. The standard InChI is InChI=1S/C9H19N5O4/c10-6(8(17)18)2-1-4-12-9(11)14-13-5-3-7(15)16/h6,13H,1-5,10H2,(H,15,16)(H,17,18)(H3,11,12,14). The second-order valence-corrected chi connectivity index (χ2v) is 3.55. The molecule has 0 aliphatic rings. The Hall–Kier alpha value is -1.87. The topological polar surface area (TPSA) is 163 Å². The second kappa shape index (κ2) is 9.19. The molecule has 8 N–H and O–H groups in total. The van der Waals surface area contributed by atoms with Gasteiger partial charge in [-0.1, -0.05) is 0 Å². The number of aliphatic imine (C=N–C) groups is 1. The lowest BCUT2D eigenvalue weighted by Crippen LogP contribution is -2.43. The van der Waals surface area contributed by atoms with Crippen molar-refractivity contribution >= 4 is 17.9 Å². The van der Waals surface area contributed by atoms with Crippen LogP contribution in [0, 0.1) is 0 Å². The van der Waals surface area contributed by atoms with Gasteiger partial charge in [0.25, 0.3) is 0 Å². The van der Waals surface area contributed by atoms with Crippen molar-refractivity contribution in [1.29, 1.82) is 0 Å². The van der Waals surface area contributed by atoms with E-state index in [4.69, 9.17) is 21.7 Å². The quantitative estimate of drug-likeness (QED) is 0.121. The van der Waals surface area contributed by atoms with Crippen LogP contribution >= 0.6 is 0 Å². The third kappa shape index (κ3) is 9.36. The zero-order valence-corrected chi connectivity index (χ0v) is 9.93. The fourth-order valence-corrected chi connectivity index (χ4v) is 0.996. The Bertz CT molecular complexity index is 307. The Kier molecular flexibility index (Phi) is 8.24. The highest BCUT2D eigenvalue weighted by Gasteiger charge is 2.09. The number of aliphatic carboxylic acids is 2. The van der Waals surface area contributed by atoms with E-state index in [1.807, 2.05) is 0 Å². The van der Waals surface area contributed by atoms with Gasteiger partial charge >= 0.3 is 11.9 Å². The van der Waals surface area contributed by atoms with Gasteiger partial charge in [-0.15, -0.1) is 0 Å². The Morgan fingerprint density at radius 1 is 1.33 bits per heavy atom. The summed E-state index contributed by atoms with van der Waals surface area (Å²) in [7, 11) is 0. The molecule has 0 saturated carbocycles. The second-order valence-electron chi connectivity index (χ2n) is 3.55. The molecule has 0 aromatic carbocycles. The zero-order chi connectivity index (χ0) is 14.0. The predicted octanol–water partition coefficient (Wildman–Crippen LogP) is -1.94. The SMILES string of the molecule is NC(=NCCCC(N)C(=O)O)NNCCC(=O)O. The fraction of sp³-hybridized carbons (Fsp3) is 0.667. The average Bonchev–Trinajstić information content (AvgIpc) is 2.29. The highest BCUT2D eigenvalue weighted by molar-refractivity contribution is 5.77. The maximum Gasteiger partial charge on any atom is 0.320 e. The number of hydrazine groups is 1. The van der Waals surface area contributed by atoms with Crippen LogP contribution in [-0.4, -0.2) is 47.2 Å². The summed E-state index contributed by atoms with van der Waals surface area (Å²) in [5.41, 5.74) is 15.8. The van der Waals surface area contributed by atoms with E-state index in [0.717, 1.165) is 0 Å².